The first-order valence-electron chi connectivity index (χ1n) is 7.62. The monoisotopic (exact) mass is 335 g/mol. The molecule has 0 radical (unpaired) electrons. The Kier molecular flexibility index (Phi) is 4.47. The summed E-state index contributed by atoms with van der Waals surface area (Å²) >= 11 is 0. The van der Waals surface area contributed by atoms with E-state index in [2.05, 4.69) is 20.8 Å². The molecule has 0 aliphatic carbocycles. The SMILES string of the molecule is CC(=O)Nc1cccc(-c2[nH]c3ccccc3c2/C=N/NC(N)=O)c1. The zero-order valence-corrected chi connectivity index (χ0v) is 13.5. The molecule has 0 unspecified atom stereocenters. The summed E-state index contributed by atoms with van der Waals surface area (Å²) in [5.41, 5.74) is 11.4. The number of primary amides is 1. The quantitative estimate of drug-likeness (QED) is 0.434. The van der Waals surface area contributed by atoms with Gasteiger partial charge in [-0.15, -0.1) is 0 Å². The number of anilines is 1. The zero-order valence-electron chi connectivity index (χ0n) is 13.5. The van der Waals surface area contributed by atoms with Gasteiger partial charge in [-0.05, 0) is 18.2 Å². The molecule has 2 aromatic carbocycles. The molecular weight excluding hydrogens is 318 g/mol. The van der Waals surface area contributed by atoms with Crippen molar-refractivity contribution in [3.8, 4) is 11.3 Å². The Morgan fingerprint density at radius 3 is 2.72 bits per heavy atom. The van der Waals surface area contributed by atoms with E-state index in [1.807, 2.05) is 48.5 Å². The van der Waals surface area contributed by atoms with Gasteiger partial charge < -0.3 is 16.0 Å². The normalized spacial score (nSPS) is 10.9. The fourth-order valence-corrected chi connectivity index (χ4v) is 2.64. The lowest BCUT2D eigenvalue weighted by atomic mass is 10.1. The first-order valence-corrected chi connectivity index (χ1v) is 7.62. The second-order valence-electron chi connectivity index (χ2n) is 5.46. The van der Waals surface area contributed by atoms with Crippen LogP contribution in [0, 0.1) is 0 Å². The molecule has 1 aromatic heterocycles. The fourth-order valence-electron chi connectivity index (χ4n) is 2.64. The first-order chi connectivity index (χ1) is 12.0. The molecule has 3 aromatic rings. The molecule has 5 N–H and O–H groups in total. The van der Waals surface area contributed by atoms with Crippen molar-refractivity contribution in [3.05, 3.63) is 54.1 Å². The van der Waals surface area contributed by atoms with Crippen LogP contribution in [0.4, 0.5) is 10.5 Å². The minimum absolute atomic E-state index is 0.138. The molecule has 7 nitrogen and oxygen atoms in total. The number of hydrazone groups is 1. The number of carbonyl (C=O) groups excluding carboxylic acids is 2. The van der Waals surface area contributed by atoms with E-state index in [1.54, 1.807) is 6.21 Å². The van der Waals surface area contributed by atoms with Crippen molar-refractivity contribution in [3.63, 3.8) is 0 Å². The van der Waals surface area contributed by atoms with Crippen molar-refractivity contribution < 1.29 is 9.59 Å². The average Bonchev–Trinajstić information content (AvgIpc) is 2.93. The topological polar surface area (TPSA) is 112 Å². The number of urea groups is 1. The van der Waals surface area contributed by atoms with Crippen LogP contribution in [-0.2, 0) is 4.79 Å². The van der Waals surface area contributed by atoms with Crippen molar-refractivity contribution in [2.45, 2.75) is 6.92 Å². The molecular formula is C18H17N5O2. The van der Waals surface area contributed by atoms with Gasteiger partial charge in [0.15, 0.2) is 0 Å². The van der Waals surface area contributed by atoms with Crippen LogP contribution in [0.5, 0.6) is 0 Å². The predicted molar refractivity (Wildman–Crippen MR) is 98.4 cm³/mol. The minimum atomic E-state index is -0.731. The van der Waals surface area contributed by atoms with E-state index in [-0.39, 0.29) is 5.91 Å². The lowest BCUT2D eigenvalue weighted by molar-refractivity contribution is -0.114. The molecule has 0 bridgehead atoms. The van der Waals surface area contributed by atoms with Crippen LogP contribution in [0.3, 0.4) is 0 Å². The molecule has 126 valence electrons. The second-order valence-corrected chi connectivity index (χ2v) is 5.46. The first kappa shape index (κ1) is 16.3. The number of fused-ring (bicyclic) bond motifs is 1. The summed E-state index contributed by atoms with van der Waals surface area (Å²) in [7, 11) is 0. The minimum Gasteiger partial charge on any atom is -0.354 e. The van der Waals surface area contributed by atoms with Crippen LogP contribution in [0.2, 0.25) is 0 Å². The number of hydrogen-bond donors (Lipinski definition) is 4. The van der Waals surface area contributed by atoms with E-state index in [0.717, 1.165) is 27.7 Å². The number of benzene rings is 2. The standard InChI is InChI=1S/C18H17N5O2/c1-11(24)21-13-6-4-5-12(9-13)17-15(10-20-23-18(19)25)14-7-2-3-8-16(14)22-17/h2-10,22H,1H3,(H,21,24)(H3,19,23,25)/b20-10+. The Bertz CT molecular complexity index is 975. The van der Waals surface area contributed by atoms with Gasteiger partial charge in [-0.1, -0.05) is 30.3 Å². The molecule has 0 saturated carbocycles. The molecule has 1 heterocycles. The predicted octanol–water partition coefficient (Wildman–Crippen LogP) is 2.80. The maximum absolute atomic E-state index is 11.3. The summed E-state index contributed by atoms with van der Waals surface area (Å²) in [5, 5.41) is 7.60. The van der Waals surface area contributed by atoms with Gasteiger partial charge in [-0.2, -0.15) is 5.10 Å². The third-order valence-electron chi connectivity index (χ3n) is 3.59. The number of aromatic amines is 1. The number of rotatable bonds is 4. The summed E-state index contributed by atoms with van der Waals surface area (Å²) in [6, 6.07) is 14.5. The second kappa shape index (κ2) is 6.88. The van der Waals surface area contributed by atoms with Crippen LogP contribution in [0.1, 0.15) is 12.5 Å². The van der Waals surface area contributed by atoms with Crippen molar-refractivity contribution in [1.29, 1.82) is 0 Å². The van der Waals surface area contributed by atoms with Crippen molar-refractivity contribution in [1.82, 2.24) is 10.4 Å². The van der Waals surface area contributed by atoms with Gasteiger partial charge in [0.2, 0.25) is 5.91 Å². The third kappa shape index (κ3) is 3.66. The Balaban J connectivity index is 2.10. The molecule has 3 rings (SSSR count). The van der Waals surface area contributed by atoms with Crippen LogP contribution < -0.4 is 16.5 Å². The summed E-state index contributed by atoms with van der Waals surface area (Å²) in [5.74, 6) is -0.138. The number of nitrogens with zero attached hydrogens (tertiary/aromatic N) is 1. The number of nitrogens with two attached hydrogens (primary N) is 1. The van der Waals surface area contributed by atoms with E-state index in [0.29, 0.717) is 5.69 Å². The summed E-state index contributed by atoms with van der Waals surface area (Å²) in [6.45, 7) is 1.46. The van der Waals surface area contributed by atoms with E-state index in [9.17, 15) is 9.59 Å². The fraction of sp³-hybridized carbons (Fsp3) is 0.0556. The summed E-state index contributed by atoms with van der Waals surface area (Å²) < 4.78 is 0. The maximum atomic E-state index is 11.3. The van der Waals surface area contributed by atoms with Gasteiger partial charge in [-0.3, -0.25) is 4.79 Å². The van der Waals surface area contributed by atoms with Gasteiger partial charge in [0.05, 0.1) is 11.9 Å². The van der Waals surface area contributed by atoms with Crippen molar-refractivity contribution in [2.24, 2.45) is 10.8 Å². The molecule has 7 heteroatoms. The third-order valence-corrected chi connectivity index (χ3v) is 3.59. The Hall–Kier alpha value is -3.61. The summed E-state index contributed by atoms with van der Waals surface area (Å²) in [6.07, 6.45) is 1.55. The number of amides is 3. The number of aromatic nitrogens is 1. The number of nitrogens with one attached hydrogen (secondary N) is 3. The van der Waals surface area contributed by atoms with E-state index < -0.39 is 6.03 Å². The summed E-state index contributed by atoms with van der Waals surface area (Å²) in [4.78, 5) is 25.5. The smallest absolute Gasteiger partial charge is 0.332 e. The average molecular weight is 335 g/mol. The Morgan fingerprint density at radius 1 is 1.16 bits per heavy atom. The molecule has 0 aliphatic rings. The highest BCUT2D eigenvalue weighted by Gasteiger charge is 2.12. The Labute approximate surface area is 143 Å². The van der Waals surface area contributed by atoms with Crippen molar-refractivity contribution in [2.75, 3.05) is 5.32 Å². The molecule has 0 aliphatic heterocycles. The Morgan fingerprint density at radius 2 is 1.96 bits per heavy atom. The largest absolute Gasteiger partial charge is 0.354 e. The van der Waals surface area contributed by atoms with Crippen LogP contribution >= 0.6 is 0 Å². The highest BCUT2D eigenvalue weighted by atomic mass is 16.2. The van der Waals surface area contributed by atoms with Crippen LogP contribution in [-0.4, -0.2) is 23.1 Å². The zero-order chi connectivity index (χ0) is 17.8. The lowest BCUT2D eigenvalue weighted by Crippen LogP contribution is -2.24. The van der Waals surface area contributed by atoms with Crippen molar-refractivity contribution >= 4 is 34.7 Å². The van der Waals surface area contributed by atoms with Gasteiger partial charge in [0, 0.05) is 34.6 Å². The van der Waals surface area contributed by atoms with Gasteiger partial charge in [0.25, 0.3) is 0 Å². The molecule has 0 fully saturated rings. The van der Waals surface area contributed by atoms with E-state index in [4.69, 9.17) is 5.73 Å². The number of hydrogen-bond acceptors (Lipinski definition) is 3. The number of para-hydroxylation sites is 1. The molecule has 3 amide bonds. The van der Waals surface area contributed by atoms with Gasteiger partial charge in [-0.25, -0.2) is 10.2 Å². The molecule has 0 spiro atoms. The van der Waals surface area contributed by atoms with Crippen LogP contribution in [0.15, 0.2) is 53.6 Å². The highest BCUT2D eigenvalue weighted by Crippen LogP contribution is 2.30. The highest BCUT2D eigenvalue weighted by molar-refractivity contribution is 6.06. The maximum Gasteiger partial charge on any atom is 0.332 e. The number of carbonyl (C=O) groups is 2. The number of H-pyrrole nitrogens is 1. The van der Waals surface area contributed by atoms with E-state index in [1.165, 1.54) is 6.92 Å². The molecule has 0 atom stereocenters. The lowest BCUT2D eigenvalue weighted by Gasteiger charge is -2.06. The van der Waals surface area contributed by atoms with E-state index >= 15 is 0 Å². The van der Waals surface area contributed by atoms with Gasteiger partial charge in [0.1, 0.15) is 0 Å². The van der Waals surface area contributed by atoms with Crippen LogP contribution in [0.25, 0.3) is 22.2 Å². The molecule has 25 heavy (non-hydrogen) atoms. The molecule has 0 saturated heterocycles. The van der Waals surface area contributed by atoms with Gasteiger partial charge >= 0.3 is 6.03 Å².